The zero-order valence-corrected chi connectivity index (χ0v) is 17.9. The van der Waals surface area contributed by atoms with E-state index < -0.39 is 0 Å². The van der Waals surface area contributed by atoms with E-state index in [9.17, 15) is 14.4 Å². The van der Waals surface area contributed by atoms with Crippen LogP contribution in [0.2, 0.25) is 0 Å². The maximum Gasteiger partial charge on any atom is 0.307 e. The van der Waals surface area contributed by atoms with Gasteiger partial charge in [0.2, 0.25) is 5.91 Å². The van der Waals surface area contributed by atoms with Crippen LogP contribution in [0.3, 0.4) is 0 Å². The number of fused-ring (bicyclic) bond motifs is 1. The average Bonchev–Trinajstić information content (AvgIpc) is 3.03. The normalized spacial score (nSPS) is 16.9. The Bertz CT molecular complexity index is 776. The van der Waals surface area contributed by atoms with Crippen molar-refractivity contribution in [2.24, 2.45) is 0 Å². The first kappa shape index (κ1) is 22.1. The lowest BCUT2D eigenvalue weighted by Crippen LogP contribution is -2.43. The highest BCUT2D eigenvalue weighted by atomic mass is 16.5. The maximum atomic E-state index is 12.8. The fourth-order valence-electron chi connectivity index (χ4n) is 3.78. The molecule has 0 spiro atoms. The predicted octanol–water partition coefficient (Wildman–Crippen LogP) is 1.29. The number of carbonyl (C=O) groups excluding carboxylic acids is 3. The van der Waals surface area contributed by atoms with Gasteiger partial charge in [0.15, 0.2) is 0 Å². The SMILES string of the molecule is CCCCOC(=O)C[C@@H](C)NC(=O)CN1Cc2ccc(N3CCNCC3)cc2C1=O. The molecular weight excluding hydrogens is 384 g/mol. The molecule has 0 unspecified atom stereocenters. The first-order valence-corrected chi connectivity index (χ1v) is 10.8. The molecule has 2 aliphatic rings. The van der Waals surface area contributed by atoms with Gasteiger partial charge in [-0.3, -0.25) is 14.4 Å². The number of hydrogen-bond acceptors (Lipinski definition) is 6. The van der Waals surface area contributed by atoms with Gasteiger partial charge in [0.05, 0.1) is 13.0 Å². The number of rotatable bonds is 9. The van der Waals surface area contributed by atoms with Crippen LogP contribution >= 0.6 is 0 Å². The summed E-state index contributed by atoms with van der Waals surface area (Å²) in [6.07, 6.45) is 1.92. The summed E-state index contributed by atoms with van der Waals surface area (Å²) >= 11 is 0. The number of amides is 2. The van der Waals surface area contributed by atoms with Gasteiger partial charge in [0.25, 0.3) is 5.91 Å². The number of nitrogens with zero attached hydrogens (tertiary/aromatic N) is 2. The molecule has 0 aromatic heterocycles. The quantitative estimate of drug-likeness (QED) is 0.466. The van der Waals surface area contributed by atoms with E-state index in [1.807, 2.05) is 25.1 Å². The van der Waals surface area contributed by atoms with Crippen LogP contribution in [-0.2, 0) is 20.9 Å². The van der Waals surface area contributed by atoms with Crippen molar-refractivity contribution < 1.29 is 19.1 Å². The van der Waals surface area contributed by atoms with E-state index in [2.05, 4.69) is 15.5 Å². The molecule has 1 aromatic rings. The molecule has 30 heavy (non-hydrogen) atoms. The largest absolute Gasteiger partial charge is 0.466 e. The number of nitrogens with one attached hydrogen (secondary N) is 2. The summed E-state index contributed by atoms with van der Waals surface area (Å²) in [5.41, 5.74) is 2.66. The molecule has 8 nitrogen and oxygen atoms in total. The molecule has 1 aromatic carbocycles. The fourth-order valence-corrected chi connectivity index (χ4v) is 3.78. The molecule has 8 heteroatoms. The molecule has 1 atom stereocenters. The second-order valence-corrected chi connectivity index (χ2v) is 7.99. The van der Waals surface area contributed by atoms with E-state index in [4.69, 9.17) is 4.74 Å². The van der Waals surface area contributed by atoms with Gasteiger partial charge < -0.3 is 25.2 Å². The summed E-state index contributed by atoms with van der Waals surface area (Å²) in [4.78, 5) is 40.8. The second-order valence-electron chi connectivity index (χ2n) is 7.99. The Balaban J connectivity index is 1.50. The summed E-state index contributed by atoms with van der Waals surface area (Å²) in [5.74, 6) is -0.711. The minimum Gasteiger partial charge on any atom is -0.466 e. The molecule has 2 N–H and O–H groups in total. The van der Waals surface area contributed by atoms with E-state index >= 15 is 0 Å². The minimum atomic E-state index is -0.342. The van der Waals surface area contributed by atoms with Crippen LogP contribution < -0.4 is 15.5 Å². The van der Waals surface area contributed by atoms with E-state index in [1.165, 1.54) is 0 Å². The molecule has 0 aliphatic carbocycles. The Morgan fingerprint density at radius 1 is 1.27 bits per heavy atom. The van der Waals surface area contributed by atoms with Crippen molar-refractivity contribution in [3.05, 3.63) is 29.3 Å². The van der Waals surface area contributed by atoms with Crippen LogP contribution in [0.5, 0.6) is 0 Å². The monoisotopic (exact) mass is 416 g/mol. The summed E-state index contributed by atoms with van der Waals surface area (Å²) in [5, 5.41) is 6.11. The number of esters is 1. The van der Waals surface area contributed by atoms with Crippen molar-refractivity contribution in [3.8, 4) is 0 Å². The summed E-state index contributed by atoms with van der Waals surface area (Å²) < 4.78 is 5.13. The third-order valence-electron chi connectivity index (χ3n) is 5.43. The molecule has 2 aliphatic heterocycles. The van der Waals surface area contributed by atoms with Gasteiger partial charge in [-0.1, -0.05) is 19.4 Å². The van der Waals surface area contributed by atoms with Gasteiger partial charge in [0.1, 0.15) is 6.54 Å². The van der Waals surface area contributed by atoms with Crippen LogP contribution in [0.1, 0.15) is 49.0 Å². The fraction of sp³-hybridized carbons (Fsp3) is 0.591. The highest BCUT2D eigenvalue weighted by Gasteiger charge is 2.30. The Kier molecular flexibility index (Phi) is 7.68. The summed E-state index contributed by atoms with van der Waals surface area (Å²) in [6.45, 7) is 8.30. The summed E-state index contributed by atoms with van der Waals surface area (Å²) in [6, 6.07) is 5.63. The minimum absolute atomic E-state index is 0.0221. The van der Waals surface area contributed by atoms with E-state index in [0.717, 1.165) is 50.3 Å². The van der Waals surface area contributed by atoms with E-state index in [0.29, 0.717) is 18.7 Å². The Hall–Kier alpha value is -2.61. The van der Waals surface area contributed by atoms with Gasteiger partial charge in [-0.05, 0) is 31.0 Å². The first-order chi connectivity index (χ1) is 14.5. The molecule has 1 fully saturated rings. The van der Waals surface area contributed by atoms with Crippen molar-refractivity contribution in [2.45, 2.75) is 45.7 Å². The molecule has 0 radical (unpaired) electrons. The van der Waals surface area contributed by atoms with Crippen molar-refractivity contribution >= 4 is 23.5 Å². The molecule has 0 saturated carbocycles. The first-order valence-electron chi connectivity index (χ1n) is 10.8. The topological polar surface area (TPSA) is 91.0 Å². The number of anilines is 1. The smallest absolute Gasteiger partial charge is 0.307 e. The van der Waals surface area contributed by atoms with E-state index in [-0.39, 0.29) is 36.8 Å². The predicted molar refractivity (Wildman–Crippen MR) is 114 cm³/mol. The zero-order valence-electron chi connectivity index (χ0n) is 17.9. The Labute approximate surface area is 177 Å². The lowest BCUT2D eigenvalue weighted by Gasteiger charge is -2.29. The molecule has 2 heterocycles. The van der Waals surface area contributed by atoms with Crippen molar-refractivity contribution in [1.29, 1.82) is 0 Å². The van der Waals surface area contributed by atoms with Crippen LogP contribution in [-0.4, -0.2) is 68.1 Å². The Morgan fingerprint density at radius 3 is 2.77 bits per heavy atom. The molecular formula is C22H32N4O4. The number of unbranched alkanes of at least 4 members (excludes halogenated alkanes) is 1. The zero-order chi connectivity index (χ0) is 21.5. The third-order valence-corrected chi connectivity index (χ3v) is 5.43. The maximum absolute atomic E-state index is 12.8. The van der Waals surface area contributed by atoms with Crippen LogP contribution in [0, 0.1) is 0 Å². The van der Waals surface area contributed by atoms with Gasteiger partial charge >= 0.3 is 5.97 Å². The van der Waals surface area contributed by atoms with Crippen LogP contribution in [0.25, 0.3) is 0 Å². The van der Waals surface area contributed by atoms with Crippen molar-refractivity contribution in [3.63, 3.8) is 0 Å². The van der Waals surface area contributed by atoms with Gasteiger partial charge in [0, 0.05) is 50.0 Å². The number of carbonyl (C=O) groups is 3. The number of hydrogen-bond donors (Lipinski definition) is 2. The number of ether oxygens (including phenoxy) is 1. The van der Waals surface area contributed by atoms with Gasteiger partial charge in [-0.25, -0.2) is 0 Å². The lowest BCUT2D eigenvalue weighted by molar-refractivity contribution is -0.144. The third kappa shape index (κ3) is 5.72. The molecule has 1 saturated heterocycles. The van der Waals surface area contributed by atoms with Crippen LogP contribution in [0.4, 0.5) is 5.69 Å². The lowest BCUT2D eigenvalue weighted by atomic mass is 10.1. The van der Waals surface area contributed by atoms with Crippen molar-refractivity contribution in [2.75, 3.05) is 44.2 Å². The highest BCUT2D eigenvalue weighted by Crippen LogP contribution is 2.27. The molecule has 3 rings (SSSR count). The van der Waals surface area contributed by atoms with E-state index in [1.54, 1.807) is 11.8 Å². The molecule has 164 valence electrons. The van der Waals surface area contributed by atoms with Crippen LogP contribution in [0.15, 0.2) is 18.2 Å². The highest BCUT2D eigenvalue weighted by molar-refractivity contribution is 6.01. The summed E-state index contributed by atoms with van der Waals surface area (Å²) in [7, 11) is 0. The molecule has 2 amide bonds. The number of benzene rings is 1. The Morgan fingerprint density at radius 2 is 2.03 bits per heavy atom. The van der Waals surface area contributed by atoms with Gasteiger partial charge in [-0.2, -0.15) is 0 Å². The standard InChI is InChI=1S/C22H32N4O4/c1-3-4-11-30-21(28)12-16(2)24-20(27)15-26-14-17-5-6-18(13-19(17)22(26)29)25-9-7-23-8-10-25/h5-6,13,16,23H,3-4,7-12,14-15H2,1-2H3,(H,24,27)/t16-/m1/s1. The molecule has 0 bridgehead atoms. The van der Waals surface area contributed by atoms with Crippen molar-refractivity contribution in [1.82, 2.24) is 15.5 Å². The average molecular weight is 417 g/mol. The second kappa shape index (κ2) is 10.4. The number of piperazine rings is 1. The van der Waals surface area contributed by atoms with Gasteiger partial charge in [-0.15, -0.1) is 0 Å².